The third-order valence-electron chi connectivity index (χ3n) is 4.06. The quantitative estimate of drug-likeness (QED) is 0.831. The predicted molar refractivity (Wildman–Crippen MR) is 90.5 cm³/mol. The summed E-state index contributed by atoms with van der Waals surface area (Å²) in [5.41, 5.74) is 0. The Morgan fingerprint density at radius 1 is 1.30 bits per heavy atom. The fourth-order valence-electron chi connectivity index (χ4n) is 2.89. The van der Waals surface area contributed by atoms with Gasteiger partial charge in [0.15, 0.2) is 0 Å². The lowest BCUT2D eigenvalue weighted by Crippen LogP contribution is -2.48. The monoisotopic (exact) mass is 336 g/mol. The predicted octanol–water partition coefficient (Wildman–Crippen LogP) is 1.73. The number of aliphatic hydroxyl groups is 1. The largest absolute Gasteiger partial charge is 0.392 e. The maximum atomic E-state index is 9.43. The van der Waals surface area contributed by atoms with E-state index in [0.717, 1.165) is 62.9 Å². The maximum absolute atomic E-state index is 9.43. The Hall–Kier alpha value is -1.28. The number of aromatic nitrogens is 2. The van der Waals surface area contributed by atoms with E-state index in [0.29, 0.717) is 5.82 Å². The second-order valence-electron chi connectivity index (χ2n) is 6.08. The number of aliphatic hydroxyl groups excluding tert-OH is 1. The molecule has 1 N–H and O–H groups in total. The van der Waals surface area contributed by atoms with Gasteiger partial charge in [0.05, 0.1) is 11.0 Å². The molecule has 2 aromatic heterocycles. The lowest BCUT2D eigenvalue weighted by Gasteiger charge is -2.35. The summed E-state index contributed by atoms with van der Waals surface area (Å²) in [6.45, 7) is 7.89. The van der Waals surface area contributed by atoms with Crippen LogP contribution in [0.4, 0.5) is 0 Å². The number of hydrogen-bond donors (Lipinski definition) is 1. The minimum atomic E-state index is -0.239. The Morgan fingerprint density at radius 3 is 2.78 bits per heavy atom. The van der Waals surface area contributed by atoms with Crippen molar-refractivity contribution in [3.05, 3.63) is 23.4 Å². The molecule has 0 radical (unpaired) electrons. The van der Waals surface area contributed by atoms with Gasteiger partial charge in [0.2, 0.25) is 11.7 Å². The molecule has 2 aromatic rings. The molecule has 126 valence electrons. The van der Waals surface area contributed by atoms with Crippen molar-refractivity contribution in [3.63, 3.8) is 0 Å². The number of piperazine rings is 1. The molecule has 0 saturated carbocycles. The van der Waals surface area contributed by atoms with Crippen molar-refractivity contribution in [2.75, 3.05) is 39.3 Å². The van der Waals surface area contributed by atoms with Crippen molar-refractivity contribution >= 4 is 11.3 Å². The van der Waals surface area contributed by atoms with Gasteiger partial charge in [0, 0.05) is 39.1 Å². The minimum absolute atomic E-state index is 0.239. The van der Waals surface area contributed by atoms with Gasteiger partial charge < -0.3 is 14.5 Å². The van der Waals surface area contributed by atoms with E-state index in [9.17, 15) is 5.11 Å². The smallest absolute Gasteiger partial charge is 0.227 e. The summed E-state index contributed by atoms with van der Waals surface area (Å²) in [5.74, 6) is 1.42. The van der Waals surface area contributed by atoms with Crippen LogP contribution >= 0.6 is 11.3 Å². The molecule has 0 amide bonds. The third kappa shape index (κ3) is 4.84. The van der Waals surface area contributed by atoms with Crippen LogP contribution in [-0.4, -0.2) is 70.4 Å². The van der Waals surface area contributed by atoms with Crippen LogP contribution in [0.25, 0.3) is 10.7 Å². The van der Waals surface area contributed by atoms with Crippen LogP contribution in [0.3, 0.4) is 0 Å². The molecule has 3 rings (SSSR count). The molecule has 23 heavy (non-hydrogen) atoms. The summed E-state index contributed by atoms with van der Waals surface area (Å²) < 4.78 is 5.33. The Kier molecular flexibility index (Phi) is 5.77. The molecule has 3 heterocycles. The van der Waals surface area contributed by atoms with Crippen LogP contribution in [0.2, 0.25) is 0 Å². The van der Waals surface area contributed by atoms with E-state index in [4.69, 9.17) is 4.52 Å². The van der Waals surface area contributed by atoms with Crippen LogP contribution in [0.5, 0.6) is 0 Å². The van der Waals surface area contributed by atoms with E-state index >= 15 is 0 Å². The van der Waals surface area contributed by atoms with E-state index in [-0.39, 0.29) is 6.10 Å². The van der Waals surface area contributed by atoms with Gasteiger partial charge in [-0.1, -0.05) is 11.2 Å². The fraction of sp³-hybridized carbons (Fsp3) is 0.625. The SMILES string of the molecule is CC(O)CN1CCN(CCCc2nc(-c3cccs3)no2)CC1. The molecular formula is C16H24N4O2S. The van der Waals surface area contributed by atoms with E-state index in [2.05, 4.69) is 19.9 Å². The summed E-state index contributed by atoms with van der Waals surface area (Å²) in [7, 11) is 0. The first kappa shape index (κ1) is 16.6. The van der Waals surface area contributed by atoms with Gasteiger partial charge in [0.25, 0.3) is 0 Å². The standard InChI is InChI=1S/C16H24N4O2S/c1-13(21)12-20-9-7-19(8-10-20)6-2-5-15-17-16(18-22-15)14-4-3-11-23-14/h3-4,11,13,21H,2,5-10,12H2,1H3. The molecule has 0 spiro atoms. The molecule has 7 heteroatoms. The second-order valence-corrected chi connectivity index (χ2v) is 7.03. The lowest BCUT2D eigenvalue weighted by molar-refractivity contribution is 0.0802. The number of thiophene rings is 1. The van der Waals surface area contributed by atoms with Gasteiger partial charge in [0.1, 0.15) is 0 Å². The molecule has 1 atom stereocenters. The number of hydrogen-bond acceptors (Lipinski definition) is 7. The molecule has 6 nitrogen and oxygen atoms in total. The Morgan fingerprint density at radius 2 is 2.09 bits per heavy atom. The molecule has 1 fully saturated rings. The third-order valence-corrected chi connectivity index (χ3v) is 4.93. The van der Waals surface area contributed by atoms with Gasteiger partial charge in [-0.15, -0.1) is 11.3 Å². The highest BCUT2D eigenvalue weighted by Gasteiger charge is 2.17. The normalized spacial score (nSPS) is 18.3. The van der Waals surface area contributed by atoms with E-state index < -0.39 is 0 Å². The number of rotatable bonds is 7. The first-order chi connectivity index (χ1) is 11.2. The summed E-state index contributed by atoms with van der Waals surface area (Å²) in [4.78, 5) is 10.3. The molecule has 1 aliphatic rings. The summed E-state index contributed by atoms with van der Waals surface area (Å²) in [6, 6.07) is 4.00. The van der Waals surface area contributed by atoms with E-state index in [1.54, 1.807) is 11.3 Å². The lowest BCUT2D eigenvalue weighted by atomic mass is 10.2. The average molecular weight is 336 g/mol. The molecule has 1 unspecified atom stereocenters. The van der Waals surface area contributed by atoms with Crippen molar-refractivity contribution in [3.8, 4) is 10.7 Å². The van der Waals surface area contributed by atoms with Crippen molar-refractivity contribution in [1.29, 1.82) is 0 Å². The topological polar surface area (TPSA) is 65.6 Å². The van der Waals surface area contributed by atoms with Gasteiger partial charge in [-0.2, -0.15) is 4.98 Å². The van der Waals surface area contributed by atoms with Crippen LogP contribution in [0.15, 0.2) is 22.0 Å². The van der Waals surface area contributed by atoms with Gasteiger partial charge >= 0.3 is 0 Å². The Labute approximate surface area is 140 Å². The van der Waals surface area contributed by atoms with Gasteiger partial charge in [-0.05, 0) is 31.3 Å². The van der Waals surface area contributed by atoms with Crippen molar-refractivity contribution in [2.45, 2.75) is 25.9 Å². The molecule has 1 saturated heterocycles. The van der Waals surface area contributed by atoms with E-state index in [1.165, 1.54) is 0 Å². The van der Waals surface area contributed by atoms with Gasteiger partial charge in [-0.3, -0.25) is 4.90 Å². The highest BCUT2D eigenvalue weighted by atomic mass is 32.1. The van der Waals surface area contributed by atoms with Gasteiger partial charge in [-0.25, -0.2) is 0 Å². The molecule has 1 aliphatic heterocycles. The van der Waals surface area contributed by atoms with Crippen LogP contribution in [0.1, 0.15) is 19.2 Å². The van der Waals surface area contributed by atoms with Crippen LogP contribution in [-0.2, 0) is 6.42 Å². The maximum Gasteiger partial charge on any atom is 0.227 e. The summed E-state index contributed by atoms with van der Waals surface area (Å²) in [6.07, 6.45) is 1.62. The summed E-state index contributed by atoms with van der Waals surface area (Å²) in [5, 5.41) is 15.5. The molecular weight excluding hydrogens is 312 g/mol. The Balaban J connectivity index is 1.37. The van der Waals surface area contributed by atoms with E-state index in [1.807, 2.05) is 24.4 Å². The number of nitrogens with zero attached hydrogens (tertiary/aromatic N) is 4. The molecule has 0 aromatic carbocycles. The zero-order chi connectivity index (χ0) is 16.1. The number of aryl methyl sites for hydroxylation is 1. The van der Waals surface area contributed by atoms with Crippen LogP contribution < -0.4 is 0 Å². The first-order valence-electron chi connectivity index (χ1n) is 8.20. The highest BCUT2D eigenvalue weighted by molar-refractivity contribution is 7.13. The average Bonchev–Trinajstić information content (AvgIpc) is 3.19. The van der Waals surface area contributed by atoms with Crippen molar-refractivity contribution < 1.29 is 9.63 Å². The van der Waals surface area contributed by atoms with Crippen molar-refractivity contribution in [2.24, 2.45) is 0 Å². The molecule has 0 aliphatic carbocycles. The molecule has 0 bridgehead atoms. The minimum Gasteiger partial charge on any atom is -0.392 e. The fourth-order valence-corrected chi connectivity index (χ4v) is 3.53. The Bertz CT molecular complexity index is 577. The highest BCUT2D eigenvalue weighted by Crippen LogP contribution is 2.21. The van der Waals surface area contributed by atoms with Crippen LogP contribution in [0, 0.1) is 0 Å². The zero-order valence-electron chi connectivity index (χ0n) is 13.5. The first-order valence-corrected chi connectivity index (χ1v) is 9.08. The number of β-amino-alcohol motifs (C(OH)–C–C–N with tert-alkyl or cyclic N) is 1. The second kappa shape index (κ2) is 8.01. The zero-order valence-corrected chi connectivity index (χ0v) is 14.3. The van der Waals surface area contributed by atoms with Crippen molar-refractivity contribution in [1.82, 2.24) is 19.9 Å². The summed E-state index contributed by atoms with van der Waals surface area (Å²) >= 11 is 1.62.